The highest BCUT2D eigenvalue weighted by atomic mass is 32.1. The molecule has 0 saturated heterocycles. The van der Waals surface area contributed by atoms with Crippen LogP contribution in [0.3, 0.4) is 0 Å². The van der Waals surface area contributed by atoms with Crippen molar-refractivity contribution in [2.45, 2.75) is 19.9 Å². The average Bonchev–Trinajstić information content (AvgIpc) is 2.69. The molecule has 3 aromatic rings. The second-order valence-electron chi connectivity index (χ2n) is 6.23. The van der Waals surface area contributed by atoms with Gasteiger partial charge in [0, 0.05) is 0 Å². The first-order chi connectivity index (χ1) is 13.2. The highest BCUT2D eigenvalue weighted by molar-refractivity contribution is 7.80. The lowest BCUT2D eigenvalue weighted by atomic mass is 9.95. The Balaban J connectivity index is 1.85. The Bertz CT molecular complexity index is 896. The van der Waals surface area contributed by atoms with E-state index in [1.807, 2.05) is 49.4 Å². The van der Waals surface area contributed by atoms with Crippen molar-refractivity contribution >= 4 is 23.0 Å². The highest BCUT2D eigenvalue weighted by Gasteiger charge is 2.17. The maximum atomic E-state index is 5.68. The van der Waals surface area contributed by atoms with Crippen LogP contribution in [-0.4, -0.2) is 11.7 Å². The van der Waals surface area contributed by atoms with Gasteiger partial charge in [0.2, 0.25) is 0 Å². The molecule has 0 aliphatic carbocycles. The van der Waals surface area contributed by atoms with Crippen LogP contribution in [0.2, 0.25) is 0 Å². The SMILES string of the molecule is CCOc1ccccc1NC(=S)NC(c1ccccc1)c1ccccc1C. The number of rotatable bonds is 6. The van der Waals surface area contributed by atoms with Gasteiger partial charge in [-0.3, -0.25) is 0 Å². The Labute approximate surface area is 166 Å². The Kier molecular flexibility index (Phi) is 6.44. The summed E-state index contributed by atoms with van der Waals surface area (Å²) in [5.41, 5.74) is 4.44. The van der Waals surface area contributed by atoms with Crippen LogP contribution < -0.4 is 15.4 Å². The van der Waals surface area contributed by atoms with Gasteiger partial charge in [-0.05, 0) is 54.9 Å². The first-order valence-electron chi connectivity index (χ1n) is 9.09. The summed E-state index contributed by atoms with van der Waals surface area (Å²) in [6.45, 7) is 4.69. The molecule has 0 fully saturated rings. The van der Waals surface area contributed by atoms with E-state index in [0.717, 1.165) is 17.0 Å². The molecule has 0 saturated carbocycles. The van der Waals surface area contributed by atoms with E-state index in [1.54, 1.807) is 0 Å². The Hall–Kier alpha value is -2.85. The van der Waals surface area contributed by atoms with Crippen molar-refractivity contribution in [3.05, 3.63) is 95.6 Å². The highest BCUT2D eigenvalue weighted by Crippen LogP contribution is 2.27. The number of ether oxygens (including phenoxy) is 1. The Morgan fingerprint density at radius 2 is 1.59 bits per heavy atom. The van der Waals surface area contributed by atoms with E-state index in [0.29, 0.717) is 11.7 Å². The maximum Gasteiger partial charge on any atom is 0.171 e. The molecule has 0 aliphatic heterocycles. The molecule has 0 spiro atoms. The monoisotopic (exact) mass is 376 g/mol. The first-order valence-corrected chi connectivity index (χ1v) is 9.49. The van der Waals surface area contributed by atoms with E-state index in [4.69, 9.17) is 17.0 Å². The molecule has 0 aliphatic rings. The zero-order valence-corrected chi connectivity index (χ0v) is 16.4. The largest absolute Gasteiger partial charge is 0.492 e. The second-order valence-corrected chi connectivity index (χ2v) is 6.64. The number of hydrogen-bond acceptors (Lipinski definition) is 2. The Morgan fingerprint density at radius 1 is 0.926 bits per heavy atom. The summed E-state index contributed by atoms with van der Waals surface area (Å²) < 4.78 is 5.68. The summed E-state index contributed by atoms with van der Waals surface area (Å²) in [5.74, 6) is 0.788. The summed E-state index contributed by atoms with van der Waals surface area (Å²) in [5, 5.41) is 7.31. The molecule has 3 rings (SSSR count). The molecule has 0 bridgehead atoms. The normalized spacial score (nSPS) is 11.5. The molecular formula is C23H24N2OS. The van der Waals surface area contributed by atoms with Crippen molar-refractivity contribution in [2.24, 2.45) is 0 Å². The van der Waals surface area contributed by atoms with Crippen LogP contribution in [-0.2, 0) is 0 Å². The van der Waals surface area contributed by atoms with Crippen LogP contribution in [0.1, 0.15) is 29.7 Å². The van der Waals surface area contributed by atoms with Crippen molar-refractivity contribution in [2.75, 3.05) is 11.9 Å². The van der Waals surface area contributed by atoms with Crippen molar-refractivity contribution in [1.29, 1.82) is 0 Å². The van der Waals surface area contributed by atoms with Crippen LogP contribution >= 0.6 is 12.2 Å². The second kappa shape index (κ2) is 9.19. The molecule has 27 heavy (non-hydrogen) atoms. The molecule has 1 unspecified atom stereocenters. The fourth-order valence-corrected chi connectivity index (χ4v) is 3.27. The van der Waals surface area contributed by atoms with Crippen LogP contribution in [0.15, 0.2) is 78.9 Å². The van der Waals surface area contributed by atoms with E-state index >= 15 is 0 Å². The third kappa shape index (κ3) is 4.86. The summed E-state index contributed by atoms with van der Waals surface area (Å²) in [7, 11) is 0. The minimum atomic E-state index is -0.0355. The van der Waals surface area contributed by atoms with Crippen LogP contribution in [0.5, 0.6) is 5.75 Å². The van der Waals surface area contributed by atoms with Gasteiger partial charge in [0.15, 0.2) is 5.11 Å². The minimum absolute atomic E-state index is 0.0355. The summed E-state index contributed by atoms with van der Waals surface area (Å²) in [4.78, 5) is 0. The van der Waals surface area contributed by atoms with E-state index in [2.05, 4.69) is 54.0 Å². The molecule has 3 aromatic carbocycles. The molecule has 0 heterocycles. The first kappa shape index (κ1) is 18.9. The Morgan fingerprint density at radius 3 is 2.33 bits per heavy atom. The van der Waals surface area contributed by atoms with Crippen molar-refractivity contribution < 1.29 is 4.74 Å². The number of nitrogens with one attached hydrogen (secondary N) is 2. The average molecular weight is 377 g/mol. The number of hydrogen-bond donors (Lipinski definition) is 2. The molecule has 3 nitrogen and oxygen atoms in total. The van der Waals surface area contributed by atoms with Crippen molar-refractivity contribution in [3.63, 3.8) is 0 Å². The minimum Gasteiger partial charge on any atom is -0.492 e. The lowest BCUT2D eigenvalue weighted by Gasteiger charge is -2.24. The van der Waals surface area contributed by atoms with E-state index < -0.39 is 0 Å². The molecule has 0 aromatic heterocycles. The predicted octanol–water partition coefficient (Wildman–Crippen LogP) is 5.47. The lowest BCUT2D eigenvalue weighted by Crippen LogP contribution is -2.33. The van der Waals surface area contributed by atoms with Gasteiger partial charge in [0.1, 0.15) is 5.75 Å². The molecule has 0 radical (unpaired) electrons. The zero-order chi connectivity index (χ0) is 19.1. The lowest BCUT2D eigenvalue weighted by molar-refractivity contribution is 0.342. The molecular weight excluding hydrogens is 352 g/mol. The molecule has 1 atom stereocenters. The number of benzene rings is 3. The van der Waals surface area contributed by atoms with E-state index in [9.17, 15) is 0 Å². The third-order valence-electron chi connectivity index (χ3n) is 4.34. The third-order valence-corrected chi connectivity index (χ3v) is 4.56. The van der Waals surface area contributed by atoms with Crippen molar-refractivity contribution in [1.82, 2.24) is 5.32 Å². The van der Waals surface area contributed by atoms with Crippen LogP contribution in [0.4, 0.5) is 5.69 Å². The van der Waals surface area contributed by atoms with Gasteiger partial charge >= 0.3 is 0 Å². The maximum absolute atomic E-state index is 5.68. The fraction of sp³-hybridized carbons (Fsp3) is 0.174. The molecule has 4 heteroatoms. The standard InChI is InChI=1S/C23H24N2OS/c1-3-26-21-16-10-9-15-20(21)24-23(27)25-22(18-12-5-4-6-13-18)19-14-8-7-11-17(19)2/h4-16,22H,3H2,1-2H3,(H2,24,25,27). The quantitative estimate of drug-likeness (QED) is 0.559. The van der Waals surface area contributed by atoms with Gasteiger partial charge < -0.3 is 15.4 Å². The van der Waals surface area contributed by atoms with Gasteiger partial charge in [-0.25, -0.2) is 0 Å². The van der Waals surface area contributed by atoms with Gasteiger partial charge in [0.05, 0.1) is 18.3 Å². The summed E-state index contributed by atoms with van der Waals surface area (Å²) >= 11 is 5.62. The molecule has 0 amide bonds. The molecule has 138 valence electrons. The van der Waals surface area contributed by atoms with Crippen LogP contribution in [0, 0.1) is 6.92 Å². The predicted molar refractivity (Wildman–Crippen MR) is 116 cm³/mol. The summed E-state index contributed by atoms with van der Waals surface area (Å²) in [6, 6.07) is 26.5. The number of anilines is 1. The molecule has 2 N–H and O–H groups in total. The number of aryl methyl sites for hydroxylation is 1. The topological polar surface area (TPSA) is 33.3 Å². The van der Waals surface area contributed by atoms with Crippen LogP contribution in [0.25, 0.3) is 0 Å². The van der Waals surface area contributed by atoms with E-state index in [-0.39, 0.29) is 6.04 Å². The fourth-order valence-electron chi connectivity index (χ4n) is 3.04. The number of thiocarbonyl (C=S) groups is 1. The number of para-hydroxylation sites is 2. The van der Waals surface area contributed by atoms with Gasteiger partial charge in [-0.15, -0.1) is 0 Å². The zero-order valence-electron chi connectivity index (χ0n) is 15.6. The van der Waals surface area contributed by atoms with Gasteiger partial charge in [-0.2, -0.15) is 0 Å². The van der Waals surface area contributed by atoms with E-state index in [1.165, 1.54) is 11.1 Å². The summed E-state index contributed by atoms with van der Waals surface area (Å²) in [6.07, 6.45) is 0. The van der Waals surface area contributed by atoms with Gasteiger partial charge in [0.25, 0.3) is 0 Å². The smallest absolute Gasteiger partial charge is 0.171 e. The van der Waals surface area contributed by atoms with Crippen molar-refractivity contribution in [3.8, 4) is 5.75 Å². The van der Waals surface area contributed by atoms with Gasteiger partial charge in [-0.1, -0.05) is 66.7 Å².